The van der Waals surface area contributed by atoms with Gasteiger partial charge in [0.05, 0.1) is 12.2 Å². The van der Waals surface area contributed by atoms with Gasteiger partial charge in [0.25, 0.3) is 0 Å². The lowest BCUT2D eigenvalue weighted by atomic mass is 10.1. The molecule has 0 spiro atoms. The Morgan fingerprint density at radius 2 is 1.74 bits per heavy atom. The Bertz CT molecular complexity index is 828. The topological polar surface area (TPSA) is 67.4 Å². The minimum atomic E-state index is -0.361. The van der Waals surface area contributed by atoms with E-state index in [9.17, 15) is 9.59 Å². The molecule has 0 saturated heterocycles. The number of benzene rings is 2. The second-order valence-corrected chi connectivity index (χ2v) is 6.31. The summed E-state index contributed by atoms with van der Waals surface area (Å²) < 4.78 is 5.07. The molecule has 27 heavy (non-hydrogen) atoms. The number of amides is 1. The molecule has 0 saturated carbocycles. The Balaban J connectivity index is 1.84. The molecule has 0 aromatic heterocycles. The van der Waals surface area contributed by atoms with Crippen LogP contribution in [0.25, 0.3) is 6.08 Å². The molecule has 0 aliphatic rings. The Kier molecular flexibility index (Phi) is 7.70. The fourth-order valence-corrected chi connectivity index (χ4v) is 2.35. The number of nitrogens with one attached hydrogen (secondary N) is 2. The molecule has 0 aliphatic heterocycles. The van der Waals surface area contributed by atoms with Gasteiger partial charge >= 0.3 is 5.97 Å². The smallest absolute Gasteiger partial charge is 0.338 e. The van der Waals surface area contributed by atoms with Crippen LogP contribution in [0.4, 0.5) is 5.69 Å². The van der Waals surface area contributed by atoms with E-state index in [4.69, 9.17) is 17.0 Å². The van der Waals surface area contributed by atoms with Crippen LogP contribution >= 0.6 is 12.2 Å². The van der Waals surface area contributed by atoms with Crippen LogP contribution in [0.3, 0.4) is 0 Å². The maximum atomic E-state index is 11.9. The molecule has 0 heterocycles. The molecule has 6 heteroatoms. The lowest BCUT2D eigenvalue weighted by molar-refractivity contribution is -0.115. The Labute approximate surface area is 164 Å². The number of anilines is 1. The third kappa shape index (κ3) is 7.03. The zero-order valence-corrected chi connectivity index (χ0v) is 16.1. The van der Waals surface area contributed by atoms with Crippen LogP contribution in [-0.2, 0) is 9.53 Å². The second-order valence-electron chi connectivity index (χ2n) is 5.90. The molecule has 0 atom stereocenters. The molecule has 0 aliphatic carbocycles. The molecule has 0 unspecified atom stereocenters. The third-order valence-corrected chi connectivity index (χ3v) is 3.76. The number of rotatable bonds is 6. The van der Waals surface area contributed by atoms with Crippen molar-refractivity contribution >= 4 is 41.0 Å². The highest BCUT2D eigenvalue weighted by Crippen LogP contribution is 2.11. The number of esters is 1. The van der Waals surface area contributed by atoms with Gasteiger partial charge in [0.15, 0.2) is 5.11 Å². The van der Waals surface area contributed by atoms with Gasteiger partial charge in [0.1, 0.15) is 0 Å². The molecule has 0 bridgehead atoms. The monoisotopic (exact) mass is 382 g/mol. The van der Waals surface area contributed by atoms with Gasteiger partial charge in [0.2, 0.25) is 5.91 Å². The van der Waals surface area contributed by atoms with E-state index in [0.717, 1.165) is 17.5 Å². The van der Waals surface area contributed by atoms with Crippen LogP contribution in [-0.4, -0.2) is 23.6 Å². The largest absolute Gasteiger partial charge is 0.462 e. The molecule has 1 amide bonds. The van der Waals surface area contributed by atoms with Crippen LogP contribution in [0.15, 0.2) is 54.6 Å². The summed E-state index contributed by atoms with van der Waals surface area (Å²) in [5.74, 6) is -0.687. The molecular formula is C21H22N2O3S. The van der Waals surface area contributed by atoms with Crippen molar-refractivity contribution in [1.82, 2.24) is 5.32 Å². The molecule has 2 N–H and O–H groups in total. The summed E-state index contributed by atoms with van der Waals surface area (Å²) in [6.45, 7) is 4.33. The maximum Gasteiger partial charge on any atom is 0.338 e. The van der Waals surface area contributed by atoms with Gasteiger partial charge in [-0.3, -0.25) is 10.1 Å². The molecule has 0 radical (unpaired) electrons. The predicted molar refractivity (Wildman–Crippen MR) is 112 cm³/mol. The van der Waals surface area contributed by atoms with E-state index in [1.165, 1.54) is 6.08 Å². The number of carbonyl (C=O) groups is 2. The quantitative estimate of drug-likeness (QED) is 0.447. The minimum Gasteiger partial charge on any atom is -0.462 e. The summed E-state index contributed by atoms with van der Waals surface area (Å²) in [5, 5.41) is 5.66. The Morgan fingerprint density at radius 1 is 1.07 bits per heavy atom. The molecule has 2 rings (SSSR count). The van der Waals surface area contributed by atoms with E-state index in [1.807, 2.05) is 38.1 Å². The molecule has 0 fully saturated rings. The highest BCUT2D eigenvalue weighted by molar-refractivity contribution is 7.80. The van der Waals surface area contributed by atoms with Crippen molar-refractivity contribution < 1.29 is 14.3 Å². The van der Waals surface area contributed by atoms with Crippen molar-refractivity contribution in [2.24, 2.45) is 0 Å². The zero-order valence-electron chi connectivity index (χ0n) is 15.3. The zero-order chi connectivity index (χ0) is 19.6. The fourth-order valence-electron chi connectivity index (χ4n) is 2.13. The van der Waals surface area contributed by atoms with Gasteiger partial charge in [-0.25, -0.2) is 4.79 Å². The van der Waals surface area contributed by atoms with E-state index in [1.54, 1.807) is 30.3 Å². The van der Waals surface area contributed by atoms with Gasteiger partial charge in [-0.15, -0.1) is 0 Å². The molecule has 2 aromatic rings. The maximum absolute atomic E-state index is 11.9. The molecule has 5 nitrogen and oxygen atoms in total. The van der Waals surface area contributed by atoms with E-state index < -0.39 is 0 Å². The first kappa shape index (κ1) is 20.3. The van der Waals surface area contributed by atoms with Crippen molar-refractivity contribution in [3.63, 3.8) is 0 Å². The lowest BCUT2D eigenvalue weighted by Crippen LogP contribution is -2.32. The van der Waals surface area contributed by atoms with Crippen molar-refractivity contribution in [3.8, 4) is 0 Å². The SMILES string of the molecule is CCCOC(=O)c1ccc(NC(=S)NC(=O)C=Cc2ccc(C)cc2)cc1. The van der Waals surface area contributed by atoms with Crippen LogP contribution in [0.2, 0.25) is 0 Å². The number of thiocarbonyl (C=S) groups is 1. The Morgan fingerprint density at radius 3 is 2.37 bits per heavy atom. The molecule has 2 aromatic carbocycles. The normalized spacial score (nSPS) is 10.4. The number of ether oxygens (including phenoxy) is 1. The van der Waals surface area contributed by atoms with Crippen LogP contribution < -0.4 is 10.6 Å². The average Bonchev–Trinajstić information content (AvgIpc) is 2.66. The fraction of sp³-hybridized carbons (Fsp3) is 0.190. The highest BCUT2D eigenvalue weighted by Gasteiger charge is 2.07. The van der Waals surface area contributed by atoms with Gasteiger partial charge in [-0.05, 0) is 61.5 Å². The Hall–Kier alpha value is -2.99. The minimum absolute atomic E-state index is 0.176. The van der Waals surface area contributed by atoms with Gasteiger partial charge < -0.3 is 10.1 Å². The molecule has 140 valence electrons. The van der Waals surface area contributed by atoms with Gasteiger partial charge in [-0.1, -0.05) is 36.8 Å². The van der Waals surface area contributed by atoms with E-state index >= 15 is 0 Å². The van der Waals surface area contributed by atoms with Crippen molar-refractivity contribution in [3.05, 3.63) is 71.3 Å². The molecular weight excluding hydrogens is 360 g/mol. The number of hydrogen-bond acceptors (Lipinski definition) is 4. The highest BCUT2D eigenvalue weighted by atomic mass is 32.1. The summed E-state index contributed by atoms with van der Waals surface area (Å²) in [6, 6.07) is 14.5. The second kappa shape index (κ2) is 10.2. The van der Waals surface area contributed by atoms with Crippen LogP contribution in [0.5, 0.6) is 0 Å². The first-order chi connectivity index (χ1) is 13.0. The first-order valence-corrected chi connectivity index (χ1v) is 9.02. The number of hydrogen-bond donors (Lipinski definition) is 2. The number of aryl methyl sites for hydroxylation is 1. The van der Waals surface area contributed by atoms with Crippen molar-refractivity contribution in [2.75, 3.05) is 11.9 Å². The first-order valence-electron chi connectivity index (χ1n) is 8.62. The van der Waals surface area contributed by atoms with Gasteiger partial charge in [-0.2, -0.15) is 0 Å². The lowest BCUT2D eigenvalue weighted by Gasteiger charge is -2.09. The predicted octanol–water partition coefficient (Wildman–Crippen LogP) is 4.09. The third-order valence-electron chi connectivity index (χ3n) is 3.56. The van der Waals surface area contributed by atoms with Crippen LogP contribution in [0, 0.1) is 6.92 Å². The standard InChI is InChI=1S/C21H22N2O3S/c1-3-14-26-20(25)17-9-11-18(12-10-17)22-21(27)23-19(24)13-8-16-6-4-15(2)5-7-16/h4-13H,3,14H2,1-2H3,(H2,22,23,24,27). The average molecular weight is 382 g/mol. The van der Waals surface area contributed by atoms with E-state index in [0.29, 0.717) is 17.9 Å². The summed E-state index contributed by atoms with van der Waals surface area (Å²) in [4.78, 5) is 23.7. The van der Waals surface area contributed by atoms with Gasteiger partial charge in [0, 0.05) is 11.8 Å². The summed E-state index contributed by atoms with van der Waals surface area (Å²) >= 11 is 5.13. The van der Waals surface area contributed by atoms with Crippen molar-refractivity contribution in [1.29, 1.82) is 0 Å². The van der Waals surface area contributed by atoms with Crippen LogP contribution in [0.1, 0.15) is 34.8 Å². The van der Waals surface area contributed by atoms with E-state index in [-0.39, 0.29) is 17.0 Å². The summed E-state index contributed by atoms with van der Waals surface area (Å²) in [7, 11) is 0. The van der Waals surface area contributed by atoms with Crippen molar-refractivity contribution in [2.45, 2.75) is 20.3 Å². The summed E-state index contributed by atoms with van der Waals surface area (Å²) in [6.07, 6.45) is 3.91. The van der Waals surface area contributed by atoms with E-state index in [2.05, 4.69) is 10.6 Å². The number of carbonyl (C=O) groups excluding carboxylic acids is 2. The summed E-state index contributed by atoms with van der Waals surface area (Å²) in [5.41, 5.74) is 3.21.